The highest BCUT2D eigenvalue weighted by Gasteiger charge is 2.49. The summed E-state index contributed by atoms with van der Waals surface area (Å²) in [6, 6.07) is 10.5. The quantitative estimate of drug-likeness (QED) is 0.780. The van der Waals surface area contributed by atoms with E-state index in [9.17, 15) is 14.4 Å². The molecule has 7 nitrogen and oxygen atoms in total. The van der Waals surface area contributed by atoms with E-state index in [1.54, 1.807) is 19.2 Å². The highest BCUT2D eigenvalue weighted by atomic mass is 16.2. The van der Waals surface area contributed by atoms with E-state index < -0.39 is 23.4 Å². The molecule has 1 aromatic heterocycles. The van der Waals surface area contributed by atoms with Gasteiger partial charge in [0.05, 0.1) is 0 Å². The molecule has 0 aliphatic carbocycles. The Hall–Kier alpha value is -3.22. The Labute approximate surface area is 170 Å². The number of hydrogen-bond donors (Lipinski definition) is 2. The van der Waals surface area contributed by atoms with Crippen molar-refractivity contribution in [2.45, 2.75) is 45.6 Å². The summed E-state index contributed by atoms with van der Waals surface area (Å²) < 4.78 is 0. The van der Waals surface area contributed by atoms with E-state index in [1.807, 2.05) is 37.3 Å². The third-order valence-electron chi connectivity index (χ3n) is 5.09. The van der Waals surface area contributed by atoms with Crippen LogP contribution in [0.25, 0.3) is 0 Å². The first-order valence-electron chi connectivity index (χ1n) is 9.48. The summed E-state index contributed by atoms with van der Waals surface area (Å²) in [6.45, 7) is 9.47. The first-order chi connectivity index (χ1) is 13.5. The number of pyridine rings is 1. The second kappa shape index (κ2) is 7.31. The van der Waals surface area contributed by atoms with E-state index in [1.165, 1.54) is 0 Å². The van der Waals surface area contributed by atoms with E-state index >= 15 is 0 Å². The highest BCUT2D eigenvalue weighted by molar-refractivity contribution is 6.10. The number of nitrogens with one attached hydrogen (secondary N) is 2. The van der Waals surface area contributed by atoms with E-state index in [4.69, 9.17) is 0 Å². The molecule has 2 N–H and O–H groups in total. The van der Waals surface area contributed by atoms with Crippen LogP contribution in [0.3, 0.4) is 0 Å². The number of amides is 4. The minimum absolute atomic E-state index is 0.0175. The first kappa shape index (κ1) is 20.5. The molecule has 2 aromatic rings. The van der Waals surface area contributed by atoms with Crippen molar-refractivity contribution >= 4 is 23.7 Å². The van der Waals surface area contributed by atoms with Gasteiger partial charge in [-0.15, -0.1) is 0 Å². The Kier molecular flexibility index (Phi) is 5.17. The lowest BCUT2D eigenvalue weighted by atomic mass is 9.84. The molecule has 0 saturated carbocycles. The minimum atomic E-state index is -1.21. The maximum atomic E-state index is 13.0. The molecular formula is C22H26N4O3. The Morgan fingerprint density at radius 2 is 1.83 bits per heavy atom. The van der Waals surface area contributed by atoms with Crippen LogP contribution in [-0.2, 0) is 20.5 Å². The maximum absolute atomic E-state index is 13.0. The highest BCUT2D eigenvalue weighted by Crippen LogP contribution is 2.31. The molecule has 3 rings (SSSR count). The van der Waals surface area contributed by atoms with Crippen molar-refractivity contribution < 1.29 is 14.4 Å². The number of urea groups is 1. The van der Waals surface area contributed by atoms with Crippen LogP contribution < -0.4 is 10.6 Å². The van der Waals surface area contributed by atoms with Crippen LogP contribution in [0.4, 0.5) is 10.6 Å². The monoisotopic (exact) mass is 394 g/mol. The molecule has 2 heterocycles. The number of carbonyl (C=O) groups is 3. The van der Waals surface area contributed by atoms with Gasteiger partial charge in [0.25, 0.3) is 5.91 Å². The van der Waals surface area contributed by atoms with Crippen LogP contribution >= 0.6 is 0 Å². The summed E-state index contributed by atoms with van der Waals surface area (Å²) in [5.41, 5.74) is 1.51. The number of aromatic nitrogens is 1. The van der Waals surface area contributed by atoms with Crippen LogP contribution in [0.2, 0.25) is 0 Å². The summed E-state index contributed by atoms with van der Waals surface area (Å²) in [6.07, 6.45) is 1.58. The summed E-state index contributed by atoms with van der Waals surface area (Å²) in [7, 11) is 0. The molecule has 1 aliphatic rings. The molecule has 1 aromatic carbocycles. The standard InChI is InChI=1S/C22H26N4O3/c1-14-10-11-23-17(12-14)24-18(27)13-26-19(28)22(5,25-20(26)29)16-8-6-15(7-9-16)21(2,3)4/h6-12H,13H2,1-5H3,(H,25,29)(H,23,24,27). The van der Waals surface area contributed by atoms with E-state index in [0.29, 0.717) is 11.4 Å². The predicted octanol–water partition coefficient (Wildman–Crippen LogP) is 3.09. The third kappa shape index (κ3) is 4.13. The fourth-order valence-corrected chi connectivity index (χ4v) is 3.27. The number of benzene rings is 1. The second-order valence-electron chi connectivity index (χ2n) is 8.54. The number of hydrogen-bond acceptors (Lipinski definition) is 4. The number of rotatable bonds is 4. The summed E-state index contributed by atoms with van der Waals surface area (Å²) in [4.78, 5) is 42.8. The maximum Gasteiger partial charge on any atom is 0.325 e. The van der Waals surface area contributed by atoms with Gasteiger partial charge in [-0.2, -0.15) is 0 Å². The van der Waals surface area contributed by atoms with Crippen molar-refractivity contribution in [2.75, 3.05) is 11.9 Å². The van der Waals surface area contributed by atoms with Crippen LogP contribution in [0.5, 0.6) is 0 Å². The SMILES string of the molecule is Cc1ccnc(NC(=O)CN2C(=O)NC(C)(c3ccc(C(C)(C)C)cc3)C2=O)c1. The Balaban J connectivity index is 1.75. The Morgan fingerprint density at radius 3 is 2.41 bits per heavy atom. The average molecular weight is 394 g/mol. The smallest absolute Gasteiger partial charge is 0.319 e. The zero-order chi connectivity index (χ0) is 21.4. The van der Waals surface area contributed by atoms with Gasteiger partial charge in [0.1, 0.15) is 17.9 Å². The summed E-state index contributed by atoms with van der Waals surface area (Å²) in [5, 5.41) is 5.34. The fourth-order valence-electron chi connectivity index (χ4n) is 3.27. The van der Waals surface area contributed by atoms with Gasteiger partial charge in [-0.25, -0.2) is 9.78 Å². The van der Waals surface area contributed by atoms with Gasteiger partial charge < -0.3 is 10.6 Å². The zero-order valence-electron chi connectivity index (χ0n) is 17.4. The van der Waals surface area contributed by atoms with Gasteiger partial charge in [-0.1, -0.05) is 45.0 Å². The minimum Gasteiger partial charge on any atom is -0.319 e. The van der Waals surface area contributed by atoms with Gasteiger partial charge in [-0.05, 0) is 48.1 Å². The molecule has 1 saturated heterocycles. The molecule has 29 heavy (non-hydrogen) atoms. The summed E-state index contributed by atoms with van der Waals surface area (Å²) in [5.74, 6) is -0.570. The second-order valence-corrected chi connectivity index (χ2v) is 8.54. The molecule has 0 spiro atoms. The first-order valence-corrected chi connectivity index (χ1v) is 9.48. The molecule has 1 unspecified atom stereocenters. The number of imide groups is 1. The number of nitrogens with zero attached hydrogens (tertiary/aromatic N) is 2. The zero-order valence-corrected chi connectivity index (χ0v) is 17.4. The van der Waals surface area contributed by atoms with Crippen molar-refractivity contribution in [3.63, 3.8) is 0 Å². The van der Waals surface area contributed by atoms with Gasteiger partial charge in [-0.3, -0.25) is 14.5 Å². The third-order valence-corrected chi connectivity index (χ3v) is 5.09. The summed E-state index contributed by atoms with van der Waals surface area (Å²) >= 11 is 0. The molecule has 1 atom stereocenters. The van der Waals surface area contributed by atoms with Crippen molar-refractivity contribution in [2.24, 2.45) is 0 Å². The predicted molar refractivity (Wildman–Crippen MR) is 110 cm³/mol. The fraction of sp³-hybridized carbons (Fsp3) is 0.364. The molecule has 1 fully saturated rings. The topological polar surface area (TPSA) is 91.4 Å². The largest absolute Gasteiger partial charge is 0.325 e. The lowest BCUT2D eigenvalue weighted by molar-refractivity contribution is -0.133. The molecule has 0 bridgehead atoms. The molecule has 152 valence electrons. The molecule has 0 radical (unpaired) electrons. The number of anilines is 1. The molecular weight excluding hydrogens is 368 g/mol. The van der Waals surface area contributed by atoms with Gasteiger partial charge in [0.2, 0.25) is 5.91 Å². The normalized spacial score (nSPS) is 19.3. The van der Waals surface area contributed by atoms with E-state index in [0.717, 1.165) is 16.0 Å². The van der Waals surface area contributed by atoms with Crippen molar-refractivity contribution in [1.29, 1.82) is 0 Å². The van der Waals surface area contributed by atoms with Crippen molar-refractivity contribution in [3.8, 4) is 0 Å². The molecule has 1 aliphatic heterocycles. The Bertz CT molecular complexity index is 963. The lowest BCUT2D eigenvalue weighted by Gasteiger charge is -2.24. The van der Waals surface area contributed by atoms with Gasteiger partial charge in [0, 0.05) is 6.20 Å². The van der Waals surface area contributed by atoms with Crippen LogP contribution in [-0.4, -0.2) is 34.3 Å². The van der Waals surface area contributed by atoms with Crippen molar-refractivity contribution in [1.82, 2.24) is 15.2 Å². The van der Waals surface area contributed by atoms with Gasteiger partial charge >= 0.3 is 6.03 Å². The van der Waals surface area contributed by atoms with E-state index in [2.05, 4.69) is 36.4 Å². The molecule has 7 heteroatoms. The molecule has 4 amide bonds. The van der Waals surface area contributed by atoms with Gasteiger partial charge in [0.15, 0.2) is 0 Å². The van der Waals surface area contributed by atoms with Crippen LogP contribution in [0.15, 0.2) is 42.6 Å². The van der Waals surface area contributed by atoms with Crippen LogP contribution in [0, 0.1) is 6.92 Å². The lowest BCUT2D eigenvalue weighted by Crippen LogP contribution is -2.42. The number of aryl methyl sites for hydroxylation is 1. The van der Waals surface area contributed by atoms with Crippen LogP contribution in [0.1, 0.15) is 44.4 Å². The Morgan fingerprint density at radius 1 is 1.17 bits per heavy atom. The van der Waals surface area contributed by atoms with E-state index in [-0.39, 0.29) is 12.0 Å². The van der Waals surface area contributed by atoms with Crippen molar-refractivity contribution in [3.05, 3.63) is 59.3 Å². The number of carbonyl (C=O) groups excluding carboxylic acids is 3. The average Bonchev–Trinajstić information content (AvgIpc) is 2.85.